The van der Waals surface area contributed by atoms with Gasteiger partial charge in [-0.15, -0.1) is 0 Å². The van der Waals surface area contributed by atoms with E-state index in [2.05, 4.69) is 42.6 Å². The van der Waals surface area contributed by atoms with Crippen molar-refractivity contribution in [2.45, 2.75) is 52.1 Å². The Bertz CT molecular complexity index is 810. The van der Waals surface area contributed by atoms with Crippen LogP contribution in [0.2, 0.25) is 0 Å². The summed E-state index contributed by atoms with van der Waals surface area (Å²) in [6.45, 7) is 9.98. The van der Waals surface area contributed by atoms with Crippen molar-refractivity contribution in [2.75, 3.05) is 19.8 Å². The molecule has 1 aliphatic heterocycles. The van der Waals surface area contributed by atoms with Crippen molar-refractivity contribution in [3.05, 3.63) is 64.7 Å². The number of aryl methyl sites for hydroxylation is 2. The number of ether oxygens (including phenoxy) is 2. The van der Waals surface area contributed by atoms with Crippen LogP contribution in [0.1, 0.15) is 42.0 Å². The highest BCUT2D eigenvalue weighted by Crippen LogP contribution is 2.34. The molecule has 0 radical (unpaired) electrons. The maximum Gasteiger partial charge on any atom is 0.260 e. The Hall–Kier alpha value is -2.33. The summed E-state index contributed by atoms with van der Waals surface area (Å²) < 4.78 is 11.6. The average Bonchev–Trinajstić information content (AvgIpc) is 2.71. The van der Waals surface area contributed by atoms with Gasteiger partial charge in [-0.05, 0) is 68.9 Å². The number of hydrogen-bond acceptors (Lipinski definition) is 3. The van der Waals surface area contributed by atoms with E-state index in [4.69, 9.17) is 9.47 Å². The van der Waals surface area contributed by atoms with Gasteiger partial charge in [0.2, 0.25) is 0 Å². The summed E-state index contributed by atoms with van der Waals surface area (Å²) in [5, 5.41) is 3.14. The summed E-state index contributed by atoms with van der Waals surface area (Å²) in [6, 6.07) is 14.6. The van der Waals surface area contributed by atoms with Crippen LogP contribution in [-0.4, -0.2) is 31.8 Å². The van der Waals surface area contributed by atoms with E-state index < -0.39 is 6.10 Å². The highest BCUT2D eigenvalue weighted by molar-refractivity contribution is 5.80. The minimum Gasteiger partial charge on any atom is -0.481 e. The van der Waals surface area contributed by atoms with Gasteiger partial charge in [-0.25, -0.2) is 0 Å². The van der Waals surface area contributed by atoms with E-state index in [9.17, 15) is 4.79 Å². The molecule has 0 spiro atoms. The van der Waals surface area contributed by atoms with Gasteiger partial charge in [-0.3, -0.25) is 4.79 Å². The first-order chi connectivity index (χ1) is 13.4. The molecule has 1 aliphatic rings. The molecule has 4 heteroatoms. The molecule has 1 heterocycles. The van der Waals surface area contributed by atoms with Crippen LogP contribution < -0.4 is 10.1 Å². The van der Waals surface area contributed by atoms with E-state index in [1.54, 1.807) is 0 Å². The third-order valence-electron chi connectivity index (χ3n) is 5.87. The predicted octanol–water partition coefficient (Wildman–Crippen LogP) is 4.24. The second-order valence-electron chi connectivity index (χ2n) is 7.94. The molecule has 28 heavy (non-hydrogen) atoms. The zero-order chi connectivity index (χ0) is 20.1. The molecule has 2 aromatic carbocycles. The van der Waals surface area contributed by atoms with E-state index >= 15 is 0 Å². The van der Waals surface area contributed by atoms with Gasteiger partial charge in [0.05, 0.1) is 0 Å². The standard InChI is InChI=1S/C24H31NO3/c1-17-14-18(2)19(3)22(15-17)28-20(4)23(26)25-16-24(10-12-27-13-11-24)21-8-6-5-7-9-21/h5-9,14-15,20H,10-13,16H2,1-4H3,(H,25,26)/t20-/m0/s1. The Morgan fingerprint density at radius 2 is 1.82 bits per heavy atom. The van der Waals surface area contributed by atoms with Gasteiger partial charge in [0.1, 0.15) is 5.75 Å². The SMILES string of the molecule is Cc1cc(C)c(C)c(O[C@@H](C)C(=O)NCC2(c3ccccc3)CCOCC2)c1. The van der Waals surface area contributed by atoms with E-state index in [1.807, 2.05) is 32.9 Å². The molecular weight excluding hydrogens is 350 g/mol. The van der Waals surface area contributed by atoms with Gasteiger partial charge in [-0.2, -0.15) is 0 Å². The number of amides is 1. The normalized spacial score (nSPS) is 17.0. The molecule has 1 atom stereocenters. The molecule has 1 amide bonds. The molecule has 1 fully saturated rings. The molecule has 0 aliphatic carbocycles. The summed E-state index contributed by atoms with van der Waals surface area (Å²) in [4.78, 5) is 12.8. The molecule has 0 unspecified atom stereocenters. The fraction of sp³-hybridized carbons (Fsp3) is 0.458. The Morgan fingerprint density at radius 1 is 1.14 bits per heavy atom. The van der Waals surface area contributed by atoms with Crippen molar-refractivity contribution in [3.8, 4) is 5.75 Å². The first-order valence-corrected chi connectivity index (χ1v) is 10.1. The molecular formula is C24H31NO3. The van der Waals surface area contributed by atoms with E-state index in [0.29, 0.717) is 6.54 Å². The molecule has 3 rings (SSSR count). The number of carbonyl (C=O) groups is 1. The second kappa shape index (κ2) is 8.78. The molecule has 2 aromatic rings. The van der Waals surface area contributed by atoms with Crippen LogP contribution >= 0.6 is 0 Å². The summed E-state index contributed by atoms with van der Waals surface area (Å²) >= 11 is 0. The summed E-state index contributed by atoms with van der Waals surface area (Å²) in [6.07, 6.45) is 1.26. The van der Waals surface area contributed by atoms with Crippen LogP contribution in [0.3, 0.4) is 0 Å². The smallest absolute Gasteiger partial charge is 0.260 e. The highest BCUT2D eigenvalue weighted by Gasteiger charge is 2.35. The third-order valence-corrected chi connectivity index (χ3v) is 5.87. The number of carbonyl (C=O) groups excluding carboxylic acids is 1. The molecule has 0 saturated carbocycles. The van der Waals surface area contributed by atoms with Crippen molar-refractivity contribution in [2.24, 2.45) is 0 Å². The Kier molecular flexibility index (Phi) is 6.40. The maximum atomic E-state index is 12.8. The summed E-state index contributed by atoms with van der Waals surface area (Å²) in [7, 11) is 0. The minimum atomic E-state index is -0.549. The number of benzene rings is 2. The van der Waals surface area contributed by atoms with Crippen LogP contribution in [0.4, 0.5) is 0 Å². The molecule has 1 saturated heterocycles. The quantitative estimate of drug-likeness (QED) is 0.814. The fourth-order valence-corrected chi connectivity index (χ4v) is 3.89. The van der Waals surface area contributed by atoms with Crippen LogP contribution in [0.15, 0.2) is 42.5 Å². The van der Waals surface area contributed by atoms with Gasteiger partial charge >= 0.3 is 0 Å². The van der Waals surface area contributed by atoms with Crippen molar-refractivity contribution in [1.29, 1.82) is 0 Å². The number of hydrogen-bond donors (Lipinski definition) is 1. The second-order valence-corrected chi connectivity index (χ2v) is 7.94. The van der Waals surface area contributed by atoms with E-state index in [1.165, 1.54) is 11.1 Å². The van der Waals surface area contributed by atoms with Gasteiger partial charge in [0, 0.05) is 25.2 Å². The van der Waals surface area contributed by atoms with Gasteiger partial charge in [0.25, 0.3) is 5.91 Å². The molecule has 4 nitrogen and oxygen atoms in total. The number of nitrogens with one attached hydrogen (secondary N) is 1. The van der Waals surface area contributed by atoms with Crippen LogP contribution in [0.25, 0.3) is 0 Å². The van der Waals surface area contributed by atoms with Crippen LogP contribution in [0, 0.1) is 20.8 Å². The summed E-state index contributed by atoms with van der Waals surface area (Å²) in [5.41, 5.74) is 4.57. The van der Waals surface area contributed by atoms with Gasteiger partial charge in [-0.1, -0.05) is 36.4 Å². The molecule has 0 bridgehead atoms. The first-order valence-electron chi connectivity index (χ1n) is 10.1. The topological polar surface area (TPSA) is 47.6 Å². The van der Waals surface area contributed by atoms with Crippen LogP contribution in [0.5, 0.6) is 5.75 Å². The lowest BCUT2D eigenvalue weighted by Crippen LogP contribution is -2.47. The lowest BCUT2D eigenvalue weighted by molar-refractivity contribution is -0.127. The molecule has 0 aromatic heterocycles. The zero-order valence-corrected chi connectivity index (χ0v) is 17.4. The largest absolute Gasteiger partial charge is 0.481 e. The Balaban J connectivity index is 1.68. The van der Waals surface area contributed by atoms with Crippen LogP contribution in [-0.2, 0) is 14.9 Å². The maximum absolute atomic E-state index is 12.8. The zero-order valence-electron chi connectivity index (χ0n) is 17.4. The Labute approximate surface area is 168 Å². The third kappa shape index (κ3) is 4.56. The Morgan fingerprint density at radius 3 is 2.50 bits per heavy atom. The van der Waals surface area contributed by atoms with Gasteiger partial charge in [0.15, 0.2) is 6.10 Å². The lowest BCUT2D eigenvalue weighted by atomic mass is 9.74. The van der Waals surface area contributed by atoms with Gasteiger partial charge < -0.3 is 14.8 Å². The van der Waals surface area contributed by atoms with Crippen molar-refractivity contribution >= 4 is 5.91 Å². The molecule has 150 valence electrons. The fourth-order valence-electron chi connectivity index (χ4n) is 3.89. The van der Waals surface area contributed by atoms with Crippen molar-refractivity contribution in [3.63, 3.8) is 0 Å². The summed E-state index contributed by atoms with van der Waals surface area (Å²) in [5.74, 6) is 0.698. The van der Waals surface area contributed by atoms with Crippen molar-refractivity contribution < 1.29 is 14.3 Å². The molecule has 1 N–H and O–H groups in total. The first kappa shape index (κ1) is 20.4. The predicted molar refractivity (Wildman–Crippen MR) is 112 cm³/mol. The van der Waals surface area contributed by atoms with Crippen molar-refractivity contribution in [1.82, 2.24) is 5.32 Å². The highest BCUT2D eigenvalue weighted by atomic mass is 16.5. The monoisotopic (exact) mass is 381 g/mol. The minimum absolute atomic E-state index is 0.0786. The average molecular weight is 382 g/mol. The van der Waals surface area contributed by atoms with E-state index in [0.717, 1.165) is 42.9 Å². The number of rotatable bonds is 6. The van der Waals surface area contributed by atoms with E-state index in [-0.39, 0.29) is 11.3 Å². The lowest BCUT2D eigenvalue weighted by Gasteiger charge is -2.38.